The van der Waals surface area contributed by atoms with Crippen LogP contribution in [0.25, 0.3) is 27.9 Å². The molecule has 1 heterocycles. The Bertz CT molecular complexity index is 1310. The van der Waals surface area contributed by atoms with E-state index in [1.807, 2.05) is 36.4 Å². The largest absolute Gasteiger partial charge is 0.481 e. The summed E-state index contributed by atoms with van der Waals surface area (Å²) in [5, 5.41) is 29.3. The summed E-state index contributed by atoms with van der Waals surface area (Å²) in [6.07, 6.45) is 7.38. The first-order chi connectivity index (χ1) is 17.4. The fourth-order valence-corrected chi connectivity index (χ4v) is 4.52. The van der Waals surface area contributed by atoms with Crippen molar-refractivity contribution >= 4 is 45.6 Å². The summed E-state index contributed by atoms with van der Waals surface area (Å²) < 4.78 is 2.25. The Morgan fingerprint density at radius 3 is 2.06 bits per heavy atom. The van der Waals surface area contributed by atoms with Crippen LogP contribution in [-0.4, -0.2) is 32.5 Å². The zero-order valence-electron chi connectivity index (χ0n) is 20.4. The van der Waals surface area contributed by atoms with Gasteiger partial charge in [0.1, 0.15) is 6.07 Å². The standard InChI is InChI=1S/C29H32N2O5/c30-20-22(27(32)12-4-1-2-5-13-28(33)34)18-21-15-16-26-24(19-21)23-10-7-8-11-25(23)31(26)17-9-3-6-14-29(35)36/h7-8,10-11,15-16,18-19H,1-6,9,12-14,17H2,(H,33,34)(H,35,36)/b22-18+. The van der Waals surface area contributed by atoms with E-state index in [1.54, 1.807) is 6.08 Å². The van der Waals surface area contributed by atoms with Crippen LogP contribution in [0, 0.1) is 11.3 Å². The van der Waals surface area contributed by atoms with Crippen LogP contribution in [0.3, 0.4) is 0 Å². The molecule has 0 fully saturated rings. The molecular weight excluding hydrogens is 456 g/mol. The molecular formula is C29H32N2O5. The number of nitrogens with zero attached hydrogens (tertiary/aromatic N) is 2. The molecule has 1 aromatic heterocycles. The minimum Gasteiger partial charge on any atom is -0.481 e. The summed E-state index contributed by atoms with van der Waals surface area (Å²) in [6, 6.07) is 16.1. The Kier molecular flexibility index (Phi) is 9.82. The number of aryl methyl sites for hydroxylation is 1. The summed E-state index contributed by atoms with van der Waals surface area (Å²) in [4.78, 5) is 33.9. The van der Waals surface area contributed by atoms with E-state index >= 15 is 0 Å². The van der Waals surface area contributed by atoms with Gasteiger partial charge in [-0.2, -0.15) is 5.26 Å². The van der Waals surface area contributed by atoms with Crippen molar-refractivity contribution in [3.63, 3.8) is 0 Å². The third kappa shape index (κ3) is 7.29. The third-order valence-electron chi connectivity index (χ3n) is 6.35. The van der Waals surface area contributed by atoms with Crippen LogP contribution in [0.1, 0.15) is 69.8 Å². The number of nitriles is 1. The molecule has 7 nitrogen and oxygen atoms in total. The molecule has 0 unspecified atom stereocenters. The van der Waals surface area contributed by atoms with Crippen LogP contribution in [-0.2, 0) is 20.9 Å². The number of allylic oxidation sites excluding steroid dienone is 1. The summed E-state index contributed by atoms with van der Waals surface area (Å²) in [6.45, 7) is 0.785. The molecule has 2 aromatic carbocycles. The number of carboxylic acids is 2. The molecule has 0 aliphatic carbocycles. The van der Waals surface area contributed by atoms with Gasteiger partial charge in [0.25, 0.3) is 0 Å². The molecule has 0 atom stereocenters. The number of carbonyl (C=O) groups is 3. The van der Waals surface area contributed by atoms with Crippen molar-refractivity contribution in [3.05, 3.63) is 53.6 Å². The first-order valence-corrected chi connectivity index (χ1v) is 12.5. The molecule has 0 spiro atoms. The van der Waals surface area contributed by atoms with Crippen LogP contribution < -0.4 is 0 Å². The average molecular weight is 489 g/mol. The summed E-state index contributed by atoms with van der Waals surface area (Å²) in [5.74, 6) is -1.77. The van der Waals surface area contributed by atoms with Gasteiger partial charge in [-0.15, -0.1) is 0 Å². The van der Waals surface area contributed by atoms with Crippen LogP contribution in [0.5, 0.6) is 0 Å². The molecule has 0 bridgehead atoms. The Balaban J connectivity index is 1.73. The van der Waals surface area contributed by atoms with Crippen molar-refractivity contribution in [3.8, 4) is 6.07 Å². The highest BCUT2D eigenvalue weighted by atomic mass is 16.4. The Morgan fingerprint density at radius 2 is 1.39 bits per heavy atom. The number of para-hydroxylation sites is 1. The lowest BCUT2D eigenvalue weighted by Gasteiger charge is -2.07. The molecule has 3 rings (SSSR count). The number of unbranched alkanes of at least 4 members (excludes halogenated alkanes) is 5. The van der Waals surface area contributed by atoms with E-state index in [0.29, 0.717) is 19.3 Å². The average Bonchev–Trinajstić information content (AvgIpc) is 3.17. The normalized spacial score (nSPS) is 11.6. The highest BCUT2D eigenvalue weighted by Crippen LogP contribution is 2.31. The lowest BCUT2D eigenvalue weighted by molar-refractivity contribution is -0.138. The maximum Gasteiger partial charge on any atom is 0.303 e. The minimum absolute atomic E-state index is 0.127. The van der Waals surface area contributed by atoms with Gasteiger partial charge in [-0.1, -0.05) is 43.5 Å². The number of carboxylic acid groups (broad SMARTS) is 2. The van der Waals surface area contributed by atoms with Gasteiger partial charge < -0.3 is 14.8 Å². The van der Waals surface area contributed by atoms with E-state index in [0.717, 1.165) is 59.6 Å². The first-order valence-electron chi connectivity index (χ1n) is 12.5. The molecule has 188 valence electrons. The van der Waals surface area contributed by atoms with Crippen molar-refractivity contribution in [2.24, 2.45) is 0 Å². The topological polar surface area (TPSA) is 120 Å². The number of hydrogen-bond acceptors (Lipinski definition) is 4. The zero-order chi connectivity index (χ0) is 25.9. The molecule has 3 aromatic rings. The van der Waals surface area contributed by atoms with Gasteiger partial charge in [0.15, 0.2) is 5.78 Å². The minimum atomic E-state index is -0.809. The van der Waals surface area contributed by atoms with Gasteiger partial charge in [0.2, 0.25) is 0 Å². The molecule has 0 saturated heterocycles. The fourth-order valence-electron chi connectivity index (χ4n) is 4.52. The second-order valence-electron chi connectivity index (χ2n) is 9.05. The molecule has 0 aliphatic rings. The van der Waals surface area contributed by atoms with Crippen molar-refractivity contribution in [2.45, 2.75) is 70.8 Å². The van der Waals surface area contributed by atoms with Gasteiger partial charge in [-0.25, -0.2) is 0 Å². The molecule has 7 heteroatoms. The van der Waals surface area contributed by atoms with Crippen LogP contribution >= 0.6 is 0 Å². The Hall–Kier alpha value is -3.92. The predicted molar refractivity (Wildman–Crippen MR) is 139 cm³/mol. The SMILES string of the molecule is N#C/C(=C\c1ccc2c(c1)c1ccccc1n2CCCCCC(=O)O)C(=O)CCCCCCC(=O)O. The number of carbonyl (C=O) groups excluding carboxylic acids is 1. The monoisotopic (exact) mass is 488 g/mol. The number of benzene rings is 2. The number of ketones is 1. The van der Waals surface area contributed by atoms with Gasteiger partial charge in [0.05, 0.1) is 5.57 Å². The van der Waals surface area contributed by atoms with E-state index in [1.165, 1.54) is 0 Å². The molecule has 0 aliphatic heterocycles. The molecule has 0 radical (unpaired) electrons. The highest BCUT2D eigenvalue weighted by Gasteiger charge is 2.13. The second-order valence-corrected chi connectivity index (χ2v) is 9.05. The smallest absolute Gasteiger partial charge is 0.303 e. The highest BCUT2D eigenvalue weighted by molar-refractivity contribution is 6.09. The second kappa shape index (κ2) is 13.2. The Labute approximate surface area is 210 Å². The number of hydrogen-bond donors (Lipinski definition) is 2. The lowest BCUT2D eigenvalue weighted by Crippen LogP contribution is -2.01. The quantitative estimate of drug-likeness (QED) is 0.146. The van der Waals surface area contributed by atoms with Gasteiger partial charge >= 0.3 is 11.9 Å². The van der Waals surface area contributed by atoms with Crippen LogP contribution in [0.4, 0.5) is 0 Å². The van der Waals surface area contributed by atoms with Crippen molar-refractivity contribution in [1.82, 2.24) is 4.57 Å². The van der Waals surface area contributed by atoms with Gasteiger partial charge in [-0.05, 0) is 55.5 Å². The van der Waals surface area contributed by atoms with E-state index in [2.05, 4.69) is 16.7 Å². The number of aromatic nitrogens is 1. The molecule has 2 N–H and O–H groups in total. The van der Waals surface area contributed by atoms with Crippen molar-refractivity contribution in [1.29, 1.82) is 5.26 Å². The third-order valence-corrected chi connectivity index (χ3v) is 6.35. The maximum absolute atomic E-state index is 12.6. The zero-order valence-corrected chi connectivity index (χ0v) is 20.4. The molecule has 0 saturated carbocycles. The predicted octanol–water partition coefficient (Wildman–Crippen LogP) is 6.34. The summed E-state index contributed by atoms with van der Waals surface area (Å²) in [5.41, 5.74) is 3.09. The van der Waals surface area contributed by atoms with Gasteiger partial charge in [-0.3, -0.25) is 14.4 Å². The van der Waals surface area contributed by atoms with E-state index in [9.17, 15) is 19.6 Å². The maximum atomic E-state index is 12.6. The van der Waals surface area contributed by atoms with Crippen molar-refractivity contribution in [2.75, 3.05) is 0 Å². The van der Waals surface area contributed by atoms with Crippen LogP contribution in [0.15, 0.2) is 48.0 Å². The lowest BCUT2D eigenvalue weighted by atomic mass is 10.0. The summed E-state index contributed by atoms with van der Waals surface area (Å²) in [7, 11) is 0. The molecule has 36 heavy (non-hydrogen) atoms. The van der Waals surface area contributed by atoms with Gasteiger partial charge in [0, 0.05) is 47.6 Å². The van der Waals surface area contributed by atoms with Crippen molar-refractivity contribution < 1.29 is 24.6 Å². The number of aliphatic carboxylic acids is 2. The summed E-state index contributed by atoms with van der Waals surface area (Å²) >= 11 is 0. The van der Waals surface area contributed by atoms with E-state index in [-0.39, 0.29) is 30.6 Å². The first kappa shape index (κ1) is 26.7. The number of fused-ring (bicyclic) bond motifs is 3. The van der Waals surface area contributed by atoms with E-state index < -0.39 is 11.9 Å². The number of rotatable bonds is 15. The van der Waals surface area contributed by atoms with E-state index in [4.69, 9.17) is 10.2 Å². The molecule has 0 amide bonds. The number of Topliss-reactive ketones (excluding diaryl/α,β-unsaturated/α-hetero) is 1. The van der Waals surface area contributed by atoms with Crippen LogP contribution in [0.2, 0.25) is 0 Å². The Morgan fingerprint density at radius 1 is 0.778 bits per heavy atom. The fraction of sp³-hybridized carbons (Fsp3) is 0.379.